The molecule has 4 heterocycles. The molecule has 9 nitrogen and oxygen atoms in total. The Kier molecular flexibility index (Phi) is 4.81. The van der Waals surface area contributed by atoms with Gasteiger partial charge in [0.25, 0.3) is 11.5 Å². The summed E-state index contributed by atoms with van der Waals surface area (Å²) in [5, 5.41) is 2.71. The molecule has 30 heavy (non-hydrogen) atoms. The Morgan fingerprint density at radius 1 is 1.37 bits per heavy atom. The van der Waals surface area contributed by atoms with Crippen molar-refractivity contribution in [3.63, 3.8) is 0 Å². The lowest BCUT2D eigenvalue weighted by molar-refractivity contribution is -0.128. The van der Waals surface area contributed by atoms with Gasteiger partial charge in [-0.3, -0.25) is 23.4 Å². The summed E-state index contributed by atoms with van der Waals surface area (Å²) in [6.07, 6.45) is 5.42. The largest absolute Gasteiger partial charge is 0.466 e. The molecule has 3 aromatic rings. The van der Waals surface area contributed by atoms with Crippen molar-refractivity contribution < 1.29 is 14.0 Å². The predicted octanol–water partition coefficient (Wildman–Crippen LogP) is 1.52. The summed E-state index contributed by atoms with van der Waals surface area (Å²) in [6.45, 7) is 8.28. The third-order valence-corrected chi connectivity index (χ3v) is 5.31. The Bertz CT molecular complexity index is 1230. The lowest BCUT2D eigenvalue weighted by Gasteiger charge is -2.11. The SMILES string of the molecule is C=CCn1c(-c2cc(C)oc2C)cn2cc(C(=O)N[C@H]3CCN(C)C3=O)nc2c1=O. The fourth-order valence-corrected chi connectivity index (χ4v) is 3.79. The number of carbonyl (C=O) groups is 2. The van der Waals surface area contributed by atoms with E-state index >= 15 is 0 Å². The molecule has 0 unspecified atom stereocenters. The number of aromatic nitrogens is 3. The second-order valence-corrected chi connectivity index (χ2v) is 7.48. The topological polar surface area (TPSA) is 102 Å². The predicted molar refractivity (Wildman–Crippen MR) is 110 cm³/mol. The minimum atomic E-state index is -0.572. The molecule has 0 aromatic carbocycles. The fourth-order valence-electron chi connectivity index (χ4n) is 3.79. The van der Waals surface area contributed by atoms with E-state index < -0.39 is 11.9 Å². The molecule has 1 atom stereocenters. The van der Waals surface area contributed by atoms with E-state index in [2.05, 4.69) is 16.9 Å². The molecule has 0 aliphatic carbocycles. The molecule has 9 heteroatoms. The number of likely N-dealkylation sites (tertiary alicyclic amines) is 1. The summed E-state index contributed by atoms with van der Waals surface area (Å²) in [4.78, 5) is 43.7. The summed E-state index contributed by atoms with van der Waals surface area (Å²) >= 11 is 0. The van der Waals surface area contributed by atoms with Crippen LogP contribution in [-0.2, 0) is 11.3 Å². The average molecular weight is 409 g/mol. The molecule has 4 rings (SSSR count). The van der Waals surface area contributed by atoms with Crippen molar-refractivity contribution in [3.8, 4) is 11.3 Å². The Hall–Kier alpha value is -3.62. The summed E-state index contributed by atoms with van der Waals surface area (Å²) in [7, 11) is 1.70. The Labute approximate surface area is 172 Å². The highest BCUT2D eigenvalue weighted by Gasteiger charge is 2.31. The zero-order valence-electron chi connectivity index (χ0n) is 17.1. The summed E-state index contributed by atoms with van der Waals surface area (Å²) in [6, 6.07) is 1.29. The van der Waals surface area contributed by atoms with Crippen molar-refractivity contribution in [2.45, 2.75) is 32.9 Å². The van der Waals surface area contributed by atoms with E-state index in [4.69, 9.17) is 4.42 Å². The summed E-state index contributed by atoms with van der Waals surface area (Å²) in [5.41, 5.74) is 1.28. The number of likely N-dealkylation sites (N-methyl/N-ethyl adjacent to an activating group) is 1. The first-order valence-electron chi connectivity index (χ1n) is 9.67. The molecule has 0 bridgehead atoms. The van der Waals surface area contributed by atoms with Crippen molar-refractivity contribution in [1.82, 2.24) is 24.2 Å². The monoisotopic (exact) mass is 409 g/mol. The minimum absolute atomic E-state index is 0.0804. The second-order valence-electron chi connectivity index (χ2n) is 7.48. The highest BCUT2D eigenvalue weighted by Crippen LogP contribution is 2.26. The first kappa shape index (κ1) is 19.7. The second kappa shape index (κ2) is 7.33. The summed E-state index contributed by atoms with van der Waals surface area (Å²) in [5.74, 6) is 0.801. The standard InChI is InChI=1S/C21H23N5O4/c1-5-7-26-17(14-9-12(2)30-13(14)3)11-25-10-16(22-18(25)21(26)29)19(27)23-15-6-8-24(4)20(15)28/h5,9-11,15H,1,6-8H2,2-4H3,(H,23,27)/t15-/m0/s1. The van der Waals surface area contributed by atoms with Crippen LogP contribution in [0.25, 0.3) is 16.9 Å². The maximum absolute atomic E-state index is 13.1. The number of hydrogen-bond donors (Lipinski definition) is 1. The Morgan fingerprint density at radius 2 is 2.13 bits per heavy atom. The maximum Gasteiger partial charge on any atom is 0.295 e. The molecular weight excluding hydrogens is 386 g/mol. The number of aryl methyl sites for hydroxylation is 2. The number of fused-ring (bicyclic) bond motifs is 1. The van der Waals surface area contributed by atoms with Crippen LogP contribution in [0.15, 0.2) is 40.3 Å². The van der Waals surface area contributed by atoms with Crippen LogP contribution in [0.5, 0.6) is 0 Å². The quantitative estimate of drug-likeness (QED) is 0.644. The molecule has 156 valence electrons. The lowest BCUT2D eigenvalue weighted by atomic mass is 10.2. The molecule has 1 N–H and O–H groups in total. The van der Waals surface area contributed by atoms with E-state index in [-0.39, 0.29) is 29.4 Å². The molecular formula is C21H23N5O4. The van der Waals surface area contributed by atoms with Crippen molar-refractivity contribution in [2.24, 2.45) is 0 Å². The van der Waals surface area contributed by atoms with Crippen LogP contribution in [-0.4, -0.2) is 50.3 Å². The smallest absolute Gasteiger partial charge is 0.295 e. The van der Waals surface area contributed by atoms with Gasteiger partial charge in [0, 0.05) is 38.1 Å². The fraction of sp³-hybridized carbons (Fsp3) is 0.333. The third kappa shape index (κ3) is 3.22. The summed E-state index contributed by atoms with van der Waals surface area (Å²) < 4.78 is 8.71. The van der Waals surface area contributed by atoms with Crippen LogP contribution in [0, 0.1) is 13.8 Å². The normalized spacial score (nSPS) is 16.4. The van der Waals surface area contributed by atoms with Crippen LogP contribution >= 0.6 is 0 Å². The van der Waals surface area contributed by atoms with Crippen LogP contribution < -0.4 is 10.9 Å². The Morgan fingerprint density at radius 3 is 2.73 bits per heavy atom. The van der Waals surface area contributed by atoms with Gasteiger partial charge in [-0.15, -0.1) is 6.58 Å². The molecule has 3 aromatic heterocycles. The number of nitrogens with one attached hydrogen (secondary N) is 1. The molecule has 1 aliphatic rings. The van der Waals surface area contributed by atoms with E-state index in [0.717, 1.165) is 11.3 Å². The van der Waals surface area contributed by atoms with E-state index in [1.54, 1.807) is 28.8 Å². The number of carbonyl (C=O) groups excluding carboxylic acids is 2. The van der Waals surface area contributed by atoms with Gasteiger partial charge in [0.05, 0.1) is 5.69 Å². The minimum Gasteiger partial charge on any atom is -0.466 e. The van der Waals surface area contributed by atoms with E-state index in [9.17, 15) is 14.4 Å². The highest BCUT2D eigenvalue weighted by molar-refractivity contribution is 5.97. The van der Waals surface area contributed by atoms with Crippen molar-refractivity contribution >= 4 is 17.5 Å². The van der Waals surface area contributed by atoms with E-state index in [1.807, 2.05) is 19.9 Å². The third-order valence-electron chi connectivity index (χ3n) is 5.31. The molecule has 0 saturated carbocycles. The van der Waals surface area contributed by atoms with Crippen LogP contribution in [0.3, 0.4) is 0 Å². The number of nitrogens with zero attached hydrogens (tertiary/aromatic N) is 4. The maximum atomic E-state index is 13.1. The lowest BCUT2D eigenvalue weighted by Crippen LogP contribution is -2.40. The number of hydrogen-bond acceptors (Lipinski definition) is 5. The first-order chi connectivity index (χ1) is 14.3. The zero-order chi connectivity index (χ0) is 21.6. The Balaban J connectivity index is 1.77. The van der Waals surface area contributed by atoms with Gasteiger partial charge in [0.2, 0.25) is 11.6 Å². The number of allylic oxidation sites excluding steroid dienone is 1. The number of amides is 2. The molecule has 1 aliphatic heterocycles. The number of rotatable bonds is 5. The molecule has 0 radical (unpaired) electrons. The van der Waals surface area contributed by atoms with Gasteiger partial charge < -0.3 is 14.6 Å². The van der Waals surface area contributed by atoms with E-state index in [0.29, 0.717) is 24.4 Å². The van der Waals surface area contributed by atoms with E-state index in [1.165, 1.54) is 10.6 Å². The molecule has 0 spiro atoms. The van der Waals surface area contributed by atoms with Crippen LogP contribution in [0.2, 0.25) is 0 Å². The van der Waals surface area contributed by atoms with Crippen molar-refractivity contribution in [1.29, 1.82) is 0 Å². The molecule has 2 amide bonds. The van der Waals surface area contributed by atoms with Gasteiger partial charge in [-0.25, -0.2) is 4.98 Å². The van der Waals surface area contributed by atoms with Gasteiger partial charge >= 0.3 is 0 Å². The van der Waals surface area contributed by atoms with Crippen molar-refractivity contribution in [2.75, 3.05) is 13.6 Å². The van der Waals surface area contributed by atoms with Gasteiger partial charge in [-0.05, 0) is 26.3 Å². The van der Waals surface area contributed by atoms with Gasteiger partial charge in [0.1, 0.15) is 23.3 Å². The van der Waals surface area contributed by atoms with Crippen LogP contribution in [0.1, 0.15) is 28.4 Å². The molecule has 1 saturated heterocycles. The van der Waals surface area contributed by atoms with Crippen LogP contribution in [0.4, 0.5) is 0 Å². The number of imidazole rings is 1. The zero-order valence-corrected chi connectivity index (χ0v) is 17.1. The molecule has 1 fully saturated rings. The van der Waals surface area contributed by atoms with Gasteiger partial charge in [-0.1, -0.05) is 6.08 Å². The van der Waals surface area contributed by atoms with Gasteiger partial charge in [-0.2, -0.15) is 0 Å². The first-order valence-corrected chi connectivity index (χ1v) is 9.67. The highest BCUT2D eigenvalue weighted by atomic mass is 16.3. The number of furan rings is 1. The average Bonchev–Trinajstić information content (AvgIpc) is 3.37. The van der Waals surface area contributed by atoms with Crippen molar-refractivity contribution in [3.05, 3.63) is 58.7 Å². The van der Waals surface area contributed by atoms with Gasteiger partial charge in [0.15, 0.2) is 0 Å².